The first-order chi connectivity index (χ1) is 8.55. The van der Waals surface area contributed by atoms with Gasteiger partial charge in [0.25, 0.3) is 0 Å². The molecule has 1 aliphatic heterocycles. The highest BCUT2D eigenvalue weighted by molar-refractivity contribution is 7.92. The van der Waals surface area contributed by atoms with Gasteiger partial charge in [0.15, 0.2) is 9.84 Å². The quantitative estimate of drug-likeness (QED) is 0.836. The van der Waals surface area contributed by atoms with Crippen LogP contribution in [0.25, 0.3) is 0 Å². The summed E-state index contributed by atoms with van der Waals surface area (Å²) in [5, 5.41) is -0.497. The van der Waals surface area contributed by atoms with Crippen LogP contribution in [0.2, 0.25) is 0 Å². The Morgan fingerprint density at radius 1 is 1.44 bits per heavy atom. The number of benzene rings is 1. The lowest BCUT2D eigenvalue weighted by atomic mass is 10.2. The zero-order valence-electron chi connectivity index (χ0n) is 10.3. The Bertz CT molecular complexity index is 521. The lowest BCUT2D eigenvalue weighted by Crippen LogP contribution is -2.31. The van der Waals surface area contributed by atoms with E-state index in [2.05, 4.69) is 0 Å². The van der Waals surface area contributed by atoms with Crippen LogP contribution in [0.15, 0.2) is 23.1 Å². The zero-order chi connectivity index (χ0) is 13.2. The van der Waals surface area contributed by atoms with Crippen LogP contribution >= 0.6 is 0 Å². The van der Waals surface area contributed by atoms with Crippen LogP contribution in [-0.4, -0.2) is 34.0 Å². The van der Waals surface area contributed by atoms with E-state index in [0.29, 0.717) is 24.5 Å². The van der Waals surface area contributed by atoms with E-state index in [9.17, 15) is 8.42 Å². The van der Waals surface area contributed by atoms with Gasteiger partial charge < -0.3 is 15.2 Å². The number of hydrogen-bond acceptors (Lipinski definition) is 5. The van der Waals surface area contributed by atoms with Crippen molar-refractivity contribution in [2.75, 3.05) is 26.1 Å². The minimum absolute atomic E-state index is 0.190. The van der Waals surface area contributed by atoms with E-state index in [0.717, 1.165) is 6.42 Å². The molecule has 2 rings (SSSR count). The second-order valence-corrected chi connectivity index (χ2v) is 6.49. The number of hydrogen-bond donors (Lipinski definition) is 1. The van der Waals surface area contributed by atoms with E-state index >= 15 is 0 Å². The van der Waals surface area contributed by atoms with E-state index in [1.54, 1.807) is 6.07 Å². The molecule has 1 saturated heterocycles. The molecule has 0 bridgehead atoms. The number of nitrogen functional groups attached to an aromatic ring is 1. The Hall–Kier alpha value is -1.27. The van der Waals surface area contributed by atoms with Crippen molar-refractivity contribution < 1.29 is 17.9 Å². The van der Waals surface area contributed by atoms with E-state index < -0.39 is 15.1 Å². The van der Waals surface area contributed by atoms with Crippen molar-refractivity contribution in [2.24, 2.45) is 0 Å². The molecule has 0 aliphatic carbocycles. The molecule has 0 radical (unpaired) electrons. The second-order valence-electron chi connectivity index (χ2n) is 4.29. The topological polar surface area (TPSA) is 78.6 Å². The summed E-state index contributed by atoms with van der Waals surface area (Å²) in [5.74, 6) is 0.292. The molecule has 1 aromatic rings. The van der Waals surface area contributed by atoms with Crippen molar-refractivity contribution in [3.63, 3.8) is 0 Å². The second kappa shape index (κ2) is 5.16. The molecule has 6 heteroatoms. The first-order valence-electron chi connectivity index (χ1n) is 5.81. The van der Waals surface area contributed by atoms with Crippen molar-refractivity contribution >= 4 is 15.5 Å². The Morgan fingerprint density at radius 2 is 2.22 bits per heavy atom. The highest BCUT2D eigenvalue weighted by Gasteiger charge is 2.31. The fraction of sp³-hybridized carbons (Fsp3) is 0.500. The minimum Gasteiger partial charge on any atom is -0.495 e. The van der Waals surface area contributed by atoms with Gasteiger partial charge in [0.05, 0.1) is 19.0 Å². The van der Waals surface area contributed by atoms with Gasteiger partial charge in [0.1, 0.15) is 10.6 Å². The lowest BCUT2D eigenvalue weighted by molar-refractivity contribution is 0.0991. The maximum Gasteiger partial charge on any atom is 0.187 e. The standard InChI is InChI=1S/C12H17NO4S/c1-16-11-7-9(13)4-5-12(11)18(14,15)10-3-2-6-17-8-10/h4-5,7,10H,2-3,6,8,13H2,1H3. The molecule has 18 heavy (non-hydrogen) atoms. The molecule has 1 fully saturated rings. The highest BCUT2D eigenvalue weighted by atomic mass is 32.2. The molecule has 100 valence electrons. The summed E-state index contributed by atoms with van der Waals surface area (Å²) in [4.78, 5) is 0.190. The van der Waals surface area contributed by atoms with Crippen LogP contribution in [0, 0.1) is 0 Å². The summed E-state index contributed by atoms with van der Waals surface area (Å²) < 4.78 is 35.3. The molecule has 1 atom stereocenters. The van der Waals surface area contributed by atoms with E-state index in [4.69, 9.17) is 15.2 Å². The summed E-state index contributed by atoms with van der Waals surface area (Å²) in [6.07, 6.45) is 1.39. The zero-order valence-corrected chi connectivity index (χ0v) is 11.1. The van der Waals surface area contributed by atoms with Crippen molar-refractivity contribution in [1.29, 1.82) is 0 Å². The summed E-state index contributed by atoms with van der Waals surface area (Å²) in [7, 11) is -1.99. The van der Waals surface area contributed by atoms with Gasteiger partial charge >= 0.3 is 0 Å². The monoisotopic (exact) mass is 271 g/mol. The van der Waals surface area contributed by atoms with Crippen LogP contribution in [0.4, 0.5) is 5.69 Å². The fourth-order valence-corrected chi connectivity index (χ4v) is 3.85. The molecule has 2 N–H and O–H groups in total. The fourth-order valence-electron chi connectivity index (χ4n) is 2.05. The number of nitrogens with two attached hydrogens (primary N) is 1. The van der Waals surface area contributed by atoms with Crippen molar-refractivity contribution in [3.8, 4) is 5.75 Å². The normalized spacial score (nSPS) is 20.6. The van der Waals surface area contributed by atoms with E-state index in [1.807, 2.05) is 0 Å². The maximum atomic E-state index is 12.5. The van der Waals surface area contributed by atoms with Crippen LogP contribution < -0.4 is 10.5 Å². The average Bonchev–Trinajstić information content (AvgIpc) is 2.39. The molecule has 1 unspecified atom stereocenters. The number of anilines is 1. The van der Waals surface area contributed by atoms with Crippen molar-refractivity contribution in [3.05, 3.63) is 18.2 Å². The minimum atomic E-state index is -3.43. The third kappa shape index (κ3) is 2.44. The molecule has 0 saturated carbocycles. The number of sulfone groups is 1. The van der Waals surface area contributed by atoms with Gasteiger partial charge in [-0.15, -0.1) is 0 Å². The molecular weight excluding hydrogens is 254 g/mol. The summed E-state index contributed by atoms with van der Waals surface area (Å²) in [6, 6.07) is 4.59. The lowest BCUT2D eigenvalue weighted by Gasteiger charge is -2.23. The summed E-state index contributed by atoms with van der Waals surface area (Å²) >= 11 is 0. The van der Waals surface area contributed by atoms with Gasteiger partial charge in [-0.2, -0.15) is 0 Å². The Morgan fingerprint density at radius 3 is 2.83 bits per heavy atom. The average molecular weight is 271 g/mol. The summed E-state index contributed by atoms with van der Waals surface area (Å²) in [5.41, 5.74) is 6.10. The van der Waals surface area contributed by atoms with Gasteiger partial charge in [0, 0.05) is 18.4 Å². The van der Waals surface area contributed by atoms with Gasteiger partial charge in [-0.3, -0.25) is 0 Å². The number of ether oxygens (including phenoxy) is 2. The molecule has 0 amide bonds. The van der Waals surface area contributed by atoms with E-state index in [1.165, 1.54) is 19.2 Å². The van der Waals surface area contributed by atoms with Crippen LogP contribution in [-0.2, 0) is 14.6 Å². The maximum absolute atomic E-state index is 12.5. The molecule has 1 heterocycles. The predicted molar refractivity (Wildman–Crippen MR) is 68.4 cm³/mol. The van der Waals surface area contributed by atoms with Crippen molar-refractivity contribution in [1.82, 2.24) is 0 Å². The van der Waals surface area contributed by atoms with Gasteiger partial charge in [0.2, 0.25) is 0 Å². The summed E-state index contributed by atoms with van der Waals surface area (Å²) in [6.45, 7) is 0.876. The number of rotatable bonds is 3. The predicted octanol–water partition coefficient (Wildman–Crippen LogP) is 1.23. The molecule has 5 nitrogen and oxygen atoms in total. The van der Waals surface area contributed by atoms with Crippen LogP contribution in [0.5, 0.6) is 5.75 Å². The first kappa shape index (κ1) is 13.2. The Kier molecular flexibility index (Phi) is 3.77. The van der Waals surface area contributed by atoms with Gasteiger partial charge in [-0.25, -0.2) is 8.42 Å². The Balaban J connectivity index is 2.40. The molecule has 0 spiro atoms. The smallest absolute Gasteiger partial charge is 0.187 e. The SMILES string of the molecule is COc1cc(N)ccc1S(=O)(=O)C1CCCOC1. The van der Waals surface area contributed by atoms with Crippen molar-refractivity contribution in [2.45, 2.75) is 23.0 Å². The Labute approximate surface area is 107 Å². The van der Waals surface area contributed by atoms with Gasteiger partial charge in [-0.1, -0.05) is 0 Å². The van der Waals surface area contributed by atoms with Crippen LogP contribution in [0.3, 0.4) is 0 Å². The molecule has 1 aliphatic rings. The first-order valence-corrected chi connectivity index (χ1v) is 7.35. The highest BCUT2D eigenvalue weighted by Crippen LogP contribution is 2.31. The third-order valence-corrected chi connectivity index (χ3v) is 5.25. The third-order valence-electron chi connectivity index (χ3n) is 3.05. The van der Waals surface area contributed by atoms with E-state index in [-0.39, 0.29) is 11.5 Å². The molecular formula is C12H17NO4S. The van der Waals surface area contributed by atoms with Gasteiger partial charge in [-0.05, 0) is 25.0 Å². The van der Waals surface area contributed by atoms with Crippen LogP contribution in [0.1, 0.15) is 12.8 Å². The number of methoxy groups -OCH3 is 1. The largest absolute Gasteiger partial charge is 0.495 e. The molecule has 0 aromatic heterocycles. The molecule has 1 aromatic carbocycles.